The second-order valence-corrected chi connectivity index (χ2v) is 5.84. The third kappa shape index (κ3) is 4.87. The highest BCUT2D eigenvalue weighted by molar-refractivity contribution is 5.85. The molecule has 28 heavy (non-hydrogen) atoms. The van der Waals surface area contributed by atoms with Crippen molar-refractivity contribution in [2.75, 3.05) is 0 Å². The van der Waals surface area contributed by atoms with Gasteiger partial charge in [0.15, 0.2) is 0 Å². The van der Waals surface area contributed by atoms with E-state index >= 15 is 0 Å². The van der Waals surface area contributed by atoms with Crippen molar-refractivity contribution in [1.82, 2.24) is 10.1 Å². The van der Waals surface area contributed by atoms with Crippen molar-refractivity contribution in [2.45, 2.75) is 18.6 Å². The molecule has 0 aliphatic carbocycles. The van der Waals surface area contributed by atoms with E-state index in [1.807, 2.05) is 0 Å². The fraction of sp³-hybridized carbons (Fsp3) is 0.167. The van der Waals surface area contributed by atoms with Gasteiger partial charge >= 0.3 is 12.1 Å². The quantitative estimate of drug-likeness (QED) is 0.659. The molecule has 10 heteroatoms. The van der Waals surface area contributed by atoms with Gasteiger partial charge in [0, 0.05) is 11.1 Å². The Morgan fingerprint density at radius 1 is 1.07 bits per heavy atom. The molecular weight excluding hydrogens is 399 g/mol. The number of rotatable bonds is 5. The lowest BCUT2D eigenvalue weighted by Gasteiger charge is -2.06. The van der Waals surface area contributed by atoms with Gasteiger partial charge in [-0.3, -0.25) is 4.79 Å². The van der Waals surface area contributed by atoms with Crippen molar-refractivity contribution < 1.29 is 27.6 Å². The van der Waals surface area contributed by atoms with E-state index in [-0.39, 0.29) is 30.5 Å². The van der Waals surface area contributed by atoms with Crippen LogP contribution in [-0.2, 0) is 17.4 Å². The molecule has 3 N–H and O–H groups in total. The number of carbonyl (C=O) groups is 1. The number of carboxylic acids is 1. The van der Waals surface area contributed by atoms with Gasteiger partial charge in [-0.05, 0) is 36.2 Å². The van der Waals surface area contributed by atoms with Gasteiger partial charge in [-0.1, -0.05) is 29.4 Å². The van der Waals surface area contributed by atoms with E-state index in [1.165, 1.54) is 12.1 Å². The molecule has 0 fully saturated rings. The Morgan fingerprint density at radius 2 is 1.64 bits per heavy atom. The van der Waals surface area contributed by atoms with E-state index in [2.05, 4.69) is 10.1 Å². The molecule has 1 aromatic heterocycles. The van der Waals surface area contributed by atoms with E-state index in [0.29, 0.717) is 11.1 Å². The summed E-state index contributed by atoms with van der Waals surface area (Å²) in [6.45, 7) is 0. The summed E-state index contributed by atoms with van der Waals surface area (Å²) in [5.41, 5.74) is 6.45. The molecule has 0 unspecified atom stereocenters. The molecule has 0 bridgehead atoms. The first-order chi connectivity index (χ1) is 12.7. The van der Waals surface area contributed by atoms with Crippen LogP contribution < -0.4 is 5.73 Å². The maximum Gasteiger partial charge on any atom is 0.416 e. The van der Waals surface area contributed by atoms with E-state index < -0.39 is 23.8 Å². The normalized spacial score (nSPS) is 12.3. The first-order valence-corrected chi connectivity index (χ1v) is 7.83. The number of hydrogen-bond acceptors (Lipinski definition) is 5. The Balaban J connectivity index is 0.00000280. The summed E-state index contributed by atoms with van der Waals surface area (Å²) in [4.78, 5) is 15.0. The molecule has 0 saturated heterocycles. The van der Waals surface area contributed by atoms with Crippen LogP contribution in [0.3, 0.4) is 0 Å². The Bertz CT molecular complexity index is 941. The average molecular weight is 414 g/mol. The van der Waals surface area contributed by atoms with Crippen molar-refractivity contribution in [2.24, 2.45) is 5.73 Å². The predicted octanol–water partition coefficient (Wildman–Crippen LogP) is 3.80. The standard InChI is InChI=1S/C18H14F3N3O3.ClH/c19-18(20,21)13-7-5-12(6-8-13)16-23-15(24-27-16)11-3-1-10(2-4-11)9-14(22)17(25)26;/h1-8,14H,9,22H2,(H,25,26);1H/t14-;/m0./s1. The summed E-state index contributed by atoms with van der Waals surface area (Å²) in [6.07, 6.45) is -4.23. The zero-order valence-corrected chi connectivity index (χ0v) is 15.0. The van der Waals surface area contributed by atoms with E-state index in [0.717, 1.165) is 17.7 Å². The highest BCUT2D eigenvalue weighted by Gasteiger charge is 2.30. The van der Waals surface area contributed by atoms with Crippen molar-refractivity contribution in [3.8, 4) is 22.8 Å². The number of benzene rings is 2. The van der Waals surface area contributed by atoms with E-state index in [1.54, 1.807) is 24.3 Å². The molecule has 0 aliphatic heterocycles. The molecular formula is C18H15ClF3N3O3. The van der Waals surface area contributed by atoms with Gasteiger partial charge in [0.25, 0.3) is 5.89 Å². The Hall–Kier alpha value is -2.91. The minimum Gasteiger partial charge on any atom is -0.480 e. The van der Waals surface area contributed by atoms with Crippen LogP contribution in [0.15, 0.2) is 53.1 Å². The largest absolute Gasteiger partial charge is 0.480 e. The minimum absolute atomic E-state index is 0. The van der Waals surface area contributed by atoms with Crippen molar-refractivity contribution in [1.29, 1.82) is 0 Å². The second kappa shape index (κ2) is 8.41. The van der Waals surface area contributed by atoms with Gasteiger partial charge in [0.05, 0.1) is 5.56 Å². The molecule has 0 aliphatic rings. The lowest BCUT2D eigenvalue weighted by molar-refractivity contribution is -0.139. The van der Waals surface area contributed by atoms with Gasteiger partial charge < -0.3 is 15.4 Å². The third-order valence-electron chi connectivity index (χ3n) is 3.87. The van der Waals surface area contributed by atoms with Crippen molar-refractivity contribution >= 4 is 18.4 Å². The van der Waals surface area contributed by atoms with Crippen molar-refractivity contribution in [3.05, 3.63) is 59.7 Å². The molecule has 148 valence electrons. The van der Waals surface area contributed by atoms with Crippen LogP contribution in [0.1, 0.15) is 11.1 Å². The monoisotopic (exact) mass is 413 g/mol. The van der Waals surface area contributed by atoms with Crippen LogP contribution in [-0.4, -0.2) is 27.3 Å². The van der Waals surface area contributed by atoms with E-state index in [4.69, 9.17) is 15.4 Å². The molecule has 0 saturated carbocycles. The first kappa shape index (κ1) is 21.4. The number of aliphatic carboxylic acids is 1. The number of nitrogens with two attached hydrogens (primary N) is 1. The molecule has 1 heterocycles. The van der Waals surface area contributed by atoms with Gasteiger partial charge in [0.2, 0.25) is 5.82 Å². The summed E-state index contributed by atoms with van der Waals surface area (Å²) >= 11 is 0. The molecule has 0 radical (unpaired) electrons. The molecule has 1 atom stereocenters. The number of aromatic nitrogens is 2. The smallest absolute Gasteiger partial charge is 0.416 e. The molecule has 3 aromatic rings. The van der Waals surface area contributed by atoms with Crippen LogP contribution in [0, 0.1) is 0 Å². The van der Waals surface area contributed by atoms with Gasteiger partial charge in [-0.2, -0.15) is 18.2 Å². The summed E-state index contributed by atoms with van der Waals surface area (Å²) < 4.78 is 43.0. The van der Waals surface area contributed by atoms with E-state index in [9.17, 15) is 18.0 Å². The zero-order valence-electron chi connectivity index (χ0n) is 14.2. The fourth-order valence-electron chi connectivity index (χ4n) is 2.39. The molecule has 3 rings (SSSR count). The van der Waals surface area contributed by atoms with Gasteiger partial charge in [0.1, 0.15) is 6.04 Å². The topological polar surface area (TPSA) is 102 Å². The number of halogens is 4. The van der Waals surface area contributed by atoms with Crippen LogP contribution in [0.4, 0.5) is 13.2 Å². The average Bonchev–Trinajstić information content (AvgIpc) is 3.12. The summed E-state index contributed by atoms with van der Waals surface area (Å²) in [6, 6.07) is 10.2. The van der Waals surface area contributed by atoms with Crippen LogP contribution >= 0.6 is 12.4 Å². The number of carboxylic acid groups (broad SMARTS) is 1. The minimum atomic E-state index is -4.41. The Morgan fingerprint density at radius 3 is 2.18 bits per heavy atom. The van der Waals surface area contributed by atoms with Crippen LogP contribution in [0.2, 0.25) is 0 Å². The number of hydrogen-bond donors (Lipinski definition) is 2. The highest BCUT2D eigenvalue weighted by atomic mass is 35.5. The van der Waals surface area contributed by atoms with Crippen LogP contribution in [0.25, 0.3) is 22.8 Å². The van der Waals surface area contributed by atoms with Crippen LogP contribution in [0.5, 0.6) is 0 Å². The van der Waals surface area contributed by atoms with Crippen molar-refractivity contribution in [3.63, 3.8) is 0 Å². The first-order valence-electron chi connectivity index (χ1n) is 7.83. The summed E-state index contributed by atoms with van der Waals surface area (Å²) in [5.74, 6) is -0.729. The lowest BCUT2D eigenvalue weighted by atomic mass is 10.0. The molecule has 0 spiro atoms. The Kier molecular flexibility index (Phi) is 6.42. The maximum absolute atomic E-state index is 12.6. The zero-order chi connectivity index (χ0) is 19.6. The lowest BCUT2D eigenvalue weighted by Crippen LogP contribution is -2.32. The number of alkyl halides is 3. The molecule has 0 amide bonds. The van der Waals surface area contributed by atoms with Gasteiger partial charge in [-0.25, -0.2) is 0 Å². The Labute approximate surface area is 163 Å². The fourth-order valence-corrected chi connectivity index (χ4v) is 2.39. The van der Waals surface area contributed by atoms with Gasteiger partial charge in [-0.15, -0.1) is 12.4 Å². The molecule has 6 nitrogen and oxygen atoms in total. The second-order valence-electron chi connectivity index (χ2n) is 5.84. The third-order valence-corrected chi connectivity index (χ3v) is 3.87. The summed E-state index contributed by atoms with van der Waals surface area (Å²) in [7, 11) is 0. The maximum atomic E-state index is 12.6. The number of nitrogens with zero attached hydrogens (tertiary/aromatic N) is 2. The molecule has 2 aromatic carbocycles. The SMILES string of the molecule is Cl.N[C@@H](Cc1ccc(-c2noc(-c3ccc(C(F)(F)F)cc3)n2)cc1)C(=O)O. The summed E-state index contributed by atoms with van der Waals surface area (Å²) in [5, 5.41) is 12.7. The highest BCUT2D eigenvalue weighted by Crippen LogP contribution is 2.31. The predicted molar refractivity (Wildman–Crippen MR) is 96.7 cm³/mol.